The highest BCUT2D eigenvalue weighted by atomic mass is 16.5. The number of aromatic nitrogens is 5. The summed E-state index contributed by atoms with van der Waals surface area (Å²) in [4.78, 5) is 6.65. The Labute approximate surface area is 213 Å². The topological polar surface area (TPSA) is 93.0 Å². The summed E-state index contributed by atoms with van der Waals surface area (Å²) in [6, 6.07) is 24.1. The van der Waals surface area contributed by atoms with Gasteiger partial charge in [-0.05, 0) is 59.7 Å². The molecule has 2 N–H and O–H groups in total. The second kappa shape index (κ2) is 9.31. The number of hydrogen-bond acceptors (Lipinski definition) is 6. The van der Waals surface area contributed by atoms with Crippen molar-refractivity contribution in [2.45, 2.75) is 12.8 Å². The van der Waals surface area contributed by atoms with Crippen LogP contribution < -0.4 is 15.3 Å². The lowest BCUT2D eigenvalue weighted by molar-refractivity contribution is 0.414. The van der Waals surface area contributed by atoms with Crippen molar-refractivity contribution < 1.29 is 9.47 Å². The van der Waals surface area contributed by atoms with E-state index in [1.54, 1.807) is 20.4 Å². The average molecular weight is 491 g/mol. The van der Waals surface area contributed by atoms with Crippen LogP contribution in [0.3, 0.4) is 0 Å². The van der Waals surface area contributed by atoms with Crippen molar-refractivity contribution in [3.05, 3.63) is 108 Å². The monoisotopic (exact) mass is 490 g/mol. The summed E-state index contributed by atoms with van der Waals surface area (Å²) in [5.41, 5.74) is 6.69. The maximum atomic E-state index is 6.48. The van der Waals surface area contributed by atoms with Crippen LogP contribution in [0.2, 0.25) is 0 Å². The molecular weight excluding hydrogens is 464 g/mol. The first-order valence-electron chi connectivity index (χ1n) is 12.0. The van der Waals surface area contributed by atoms with Crippen LogP contribution in [-0.4, -0.2) is 38.9 Å². The number of nitrogens with zero attached hydrogens (tertiary/aromatic N) is 5. The van der Waals surface area contributed by atoms with E-state index >= 15 is 0 Å². The van der Waals surface area contributed by atoms with Gasteiger partial charge in [-0.2, -0.15) is 15.0 Å². The van der Waals surface area contributed by atoms with Gasteiger partial charge in [0.1, 0.15) is 17.0 Å². The first-order chi connectivity index (χ1) is 18.1. The van der Waals surface area contributed by atoms with Crippen LogP contribution in [0.15, 0.2) is 85.2 Å². The SMILES string of the molecule is COc1ccc(Cc2nc3cc(-n4cccn4)ccc3c3nn(N)c(Cc4ccc(OC)cc4)c23)cc1. The molecule has 0 aliphatic rings. The van der Waals surface area contributed by atoms with Gasteiger partial charge in [-0.3, -0.25) is 4.98 Å². The van der Waals surface area contributed by atoms with E-state index in [-0.39, 0.29) is 0 Å². The van der Waals surface area contributed by atoms with E-state index in [0.717, 1.165) is 61.5 Å². The van der Waals surface area contributed by atoms with Crippen molar-refractivity contribution in [1.29, 1.82) is 0 Å². The van der Waals surface area contributed by atoms with Gasteiger partial charge in [0, 0.05) is 36.0 Å². The minimum Gasteiger partial charge on any atom is -0.497 e. The second-order valence-electron chi connectivity index (χ2n) is 8.88. The van der Waals surface area contributed by atoms with E-state index in [1.807, 2.05) is 71.5 Å². The molecule has 0 radical (unpaired) electrons. The number of rotatable bonds is 7. The Kier molecular flexibility index (Phi) is 5.69. The highest BCUT2D eigenvalue weighted by Gasteiger charge is 2.20. The van der Waals surface area contributed by atoms with Gasteiger partial charge in [0.15, 0.2) is 0 Å². The fourth-order valence-electron chi connectivity index (χ4n) is 4.71. The summed E-state index contributed by atoms with van der Waals surface area (Å²) >= 11 is 0. The van der Waals surface area contributed by atoms with Crippen molar-refractivity contribution in [2.75, 3.05) is 20.1 Å². The Balaban J connectivity index is 1.52. The van der Waals surface area contributed by atoms with Crippen molar-refractivity contribution in [3.8, 4) is 17.2 Å². The summed E-state index contributed by atoms with van der Waals surface area (Å²) in [6.45, 7) is 0. The predicted octanol–water partition coefficient (Wildman–Crippen LogP) is 4.68. The fourth-order valence-corrected chi connectivity index (χ4v) is 4.71. The Hall–Kier alpha value is -4.85. The van der Waals surface area contributed by atoms with E-state index in [1.165, 1.54) is 4.79 Å². The average Bonchev–Trinajstić information content (AvgIpc) is 3.58. The minimum absolute atomic E-state index is 0.616. The Morgan fingerprint density at radius 3 is 2.14 bits per heavy atom. The number of benzene rings is 3. The molecule has 0 amide bonds. The molecule has 3 aromatic carbocycles. The smallest absolute Gasteiger partial charge is 0.118 e. The van der Waals surface area contributed by atoms with Crippen molar-refractivity contribution in [2.24, 2.45) is 0 Å². The van der Waals surface area contributed by atoms with E-state index in [0.29, 0.717) is 12.8 Å². The number of hydrogen-bond donors (Lipinski definition) is 1. The van der Waals surface area contributed by atoms with Crippen molar-refractivity contribution >= 4 is 21.8 Å². The van der Waals surface area contributed by atoms with Crippen molar-refractivity contribution in [1.82, 2.24) is 24.7 Å². The van der Waals surface area contributed by atoms with Gasteiger partial charge in [0.2, 0.25) is 0 Å². The summed E-state index contributed by atoms with van der Waals surface area (Å²) in [5, 5.41) is 11.1. The third-order valence-corrected chi connectivity index (χ3v) is 6.62. The lowest BCUT2D eigenvalue weighted by Gasteiger charge is -2.11. The number of ether oxygens (including phenoxy) is 2. The number of methoxy groups -OCH3 is 2. The number of nitrogens with two attached hydrogens (primary N) is 1. The van der Waals surface area contributed by atoms with Crippen LogP contribution >= 0.6 is 0 Å². The second-order valence-corrected chi connectivity index (χ2v) is 8.88. The molecule has 0 spiro atoms. The van der Waals surface area contributed by atoms with Gasteiger partial charge in [-0.15, -0.1) is 0 Å². The lowest BCUT2D eigenvalue weighted by Crippen LogP contribution is -2.14. The summed E-state index contributed by atoms with van der Waals surface area (Å²) in [7, 11) is 3.33. The zero-order chi connectivity index (χ0) is 25.4. The molecule has 6 rings (SSSR count). The Bertz CT molecular complexity index is 1690. The molecular formula is C29H26N6O2. The molecule has 0 saturated carbocycles. The minimum atomic E-state index is 0.616. The van der Waals surface area contributed by atoms with Gasteiger partial charge < -0.3 is 15.3 Å². The highest BCUT2D eigenvalue weighted by molar-refractivity contribution is 6.06. The van der Waals surface area contributed by atoms with Gasteiger partial charge in [0.25, 0.3) is 0 Å². The molecule has 6 aromatic rings. The lowest BCUT2D eigenvalue weighted by atomic mass is 10.00. The van der Waals surface area contributed by atoms with E-state index in [2.05, 4.69) is 17.2 Å². The third kappa shape index (κ3) is 4.23. The van der Waals surface area contributed by atoms with Crippen LogP contribution in [0.25, 0.3) is 27.5 Å². The first-order valence-corrected chi connectivity index (χ1v) is 12.0. The van der Waals surface area contributed by atoms with Gasteiger partial charge in [-0.1, -0.05) is 24.3 Å². The molecule has 0 aliphatic carbocycles. The molecule has 0 atom stereocenters. The van der Waals surface area contributed by atoms with E-state index in [9.17, 15) is 0 Å². The molecule has 184 valence electrons. The largest absolute Gasteiger partial charge is 0.497 e. The van der Waals surface area contributed by atoms with Crippen LogP contribution in [0.4, 0.5) is 0 Å². The molecule has 3 aromatic heterocycles. The molecule has 8 heteroatoms. The maximum Gasteiger partial charge on any atom is 0.118 e. The van der Waals surface area contributed by atoms with Gasteiger partial charge in [-0.25, -0.2) is 4.68 Å². The normalized spacial score (nSPS) is 11.3. The summed E-state index contributed by atoms with van der Waals surface area (Å²) in [5.74, 6) is 8.11. The molecule has 0 fully saturated rings. The zero-order valence-corrected chi connectivity index (χ0v) is 20.6. The Morgan fingerprint density at radius 1 is 0.838 bits per heavy atom. The van der Waals surface area contributed by atoms with Crippen molar-refractivity contribution in [3.63, 3.8) is 0 Å². The first kappa shape index (κ1) is 22.6. The molecule has 37 heavy (non-hydrogen) atoms. The number of nitrogen functional groups attached to an aromatic ring is 1. The molecule has 0 saturated heterocycles. The maximum absolute atomic E-state index is 6.48. The molecule has 3 heterocycles. The molecule has 0 bridgehead atoms. The van der Waals surface area contributed by atoms with Crippen LogP contribution in [-0.2, 0) is 12.8 Å². The standard InChI is InChI=1S/C29H26N6O2/c1-36-22-9-4-19(5-10-22)16-26-28-27(17-20-6-11-23(37-2)12-7-20)35(30)33-29(28)24-13-8-21(18-25(24)32-26)34-15-3-14-31-34/h3-15,18H,16-17,30H2,1-2H3. The quantitative estimate of drug-likeness (QED) is 0.327. The number of fused-ring (bicyclic) bond motifs is 3. The molecule has 8 nitrogen and oxygen atoms in total. The molecule has 0 aliphatic heterocycles. The highest BCUT2D eigenvalue weighted by Crippen LogP contribution is 2.32. The van der Waals surface area contributed by atoms with E-state index < -0.39 is 0 Å². The number of pyridine rings is 1. The van der Waals surface area contributed by atoms with Crippen LogP contribution in [0, 0.1) is 0 Å². The van der Waals surface area contributed by atoms with Crippen LogP contribution in [0.5, 0.6) is 11.5 Å². The summed E-state index contributed by atoms with van der Waals surface area (Å²) < 4.78 is 12.5. The molecule has 0 unspecified atom stereocenters. The predicted molar refractivity (Wildman–Crippen MR) is 144 cm³/mol. The van der Waals surface area contributed by atoms with E-state index in [4.69, 9.17) is 25.4 Å². The fraction of sp³-hybridized carbons (Fsp3) is 0.138. The third-order valence-electron chi connectivity index (χ3n) is 6.62. The van der Waals surface area contributed by atoms with Gasteiger partial charge in [0.05, 0.1) is 36.8 Å². The Morgan fingerprint density at radius 2 is 1.51 bits per heavy atom. The zero-order valence-electron chi connectivity index (χ0n) is 20.6. The van der Waals surface area contributed by atoms with Gasteiger partial charge >= 0.3 is 0 Å². The summed E-state index contributed by atoms with van der Waals surface area (Å²) in [6.07, 6.45) is 4.92. The van der Waals surface area contributed by atoms with Crippen LogP contribution in [0.1, 0.15) is 22.5 Å².